The Morgan fingerprint density at radius 1 is 1.06 bits per heavy atom. The van der Waals surface area contributed by atoms with E-state index in [1.54, 1.807) is 26.0 Å². The van der Waals surface area contributed by atoms with Gasteiger partial charge in [-0.1, -0.05) is 45.2 Å². The third-order valence-corrected chi connectivity index (χ3v) is 7.85. The van der Waals surface area contributed by atoms with Crippen molar-refractivity contribution in [2.75, 3.05) is 13.1 Å². The van der Waals surface area contributed by atoms with Crippen LogP contribution >= 0.6 is 0 Å². The van der Waals surface area contributed by atoms with Crippen molar-refractivity contribution in [3.8, 4) is 0 Å². The number of hydrogen-bond donors (Lipinski definition) is 1. The number of piperidine rings is 1. The fourth-order valence-corrected chi connectivity index (χ4v) is 5.64. The number of amides is 2. The van der Waals surface area contributed by atoms with Gasteiger partial charge in [-0.3, -0.25) is 14.4 Å². The second-order valence-electron chi connectivity index (χ2n) is 10.8. The molecule has 3 aliphatic rings. The number of hydrogen-bond acceptors (Lipinski definition) is 3. The maximum atomic E-state index is 15.6. The van der Waals surface area contributed by atoms with Crippen LogP contribution in [0, 0.1) is 23.6 Å². The molecule has 1 unspecified atom stereocenters. The average molecular weight is 493 g/mol. The number of nitrogens with one attached hydrogen (secondary N) is 1. The molecule has 3 atom stereocenters. The Kier molecular flexibility index (Phi) is 7.57. The molecule has 1 aromatic rings. The van der Waals surface area contributed by atoms with Crippen LogP contribution in [0.3, 0.4) is 0 Å². The van der Waals surface area contributed by atoms with Gasteiger partial charge in [-0.05, 0) is 43.2 Å². The average Bonchev–Trinajstić information content (AvgIpc) is 3.50. The largest absolute Gasteiger partial charge is 0.342 e. The zero-order valence-electron chi connectivity index (χ0n) is 20.5. The molecule has 35 heavy (non-hydrogen) atoms. The summed E-state index contributed by atoms with van der Waals surface area (Å²) in [6.07, 6.45) is 5.61. The molecule has 0 bridgehead atoms. The lowest BCUT2D eigenvalue weighted by atomic mass is 9.80. The number of rotatable bonds is 7. The van der Waals surface area contributed by atoms with Crippen molar-refractivity contribution in [3.05, 3.63) is 35.1 Å². The van der Waals surface area contributed by atoms with Crippen molar-refractivity contribution in [1.29, 1.82) is 0 Å². The molecule has 1 aromatic carbocycles. The van der Waals surface area contributed by atoms with Crippen LogP contribution in [0.5, 0.6) is 0 Å². The van der Waals surface area contributed by atoms with E-state index in [1.165, 1.54) is 11.0 Å². The Morgan fingerprint density at radius 2 is 1.74 bits per heavy atom. The molecule has 2 amide bonds. The first-order valence-electron chi connectivity index (χ1n) is 12.9. The molecular formula is C27H35F3N2O3. The van der Waals surface area contributed by atoms with Gasteiger partial charge in [0, 0.05) is 31.3 Å². The molecular weight excluding hydrogens is 457 g/mol. The van der Waals surface area contributed by atoms with Gasteiger partial charge in [-0.25, -0.2) is 13.2 Å². The van der Waals surface area contributed by atoms with E-state index in [9.17, 15) is 23.2 Å². The quantitative estimate of drug-likeness (QED) is 0.577. The van der Waals surface area contributed by atoms with Crippen LogP contribution in [-0.4, -0.2) is 47.6 Å². The number of benzene rings is 1. The van der Waals surface area contributed by atoms with E-state index in [4.69, 9.17) is 0 Å². The number of carbonyl (C=O) groups excluding carboxylic acids is 3. The molecule has 1 heterocycles. The number of carbonyl (C=O) groups is 3. The van der Waals surface area contributed by atoms with Crippen LogP contribution in [0.4, 0.5) is 13.2 Å². The molecule has 0 aromatic heterocycles. The highest BCUT2D eigenvalue weighted by Crippen LogP contribution is 2.50. The van der Waals surface area contributed by atoms with Gasteiger partial charge < -0.3 is 10.2 Å². The second kappa shape index (κ2) is 10.3. The Hall–Kier alpha value is -2.38. The maximum absolute atomic E-state index is 15.6. The number of halogens is 3. The van der Waals surface area contributed by atoms with Crippen LogP contribution in [0.2, 0.25) is 0 Å². The molecule has 4 rings (SSSR count). The number of likely N-dealkylation sites (tertiary alicyclic amines) is 1. The molecule has 0 spiro atoms. The third kappa shape index (κ3) is 5.56. The summed E-state index contributed by atoms with van der Waals surface area (Å²) in [5.74, 6) is -6.67. The highest BCUT2D eigenvalue weighted by Gasteiger charge is 2.62. The fraction of sp³-hybridized carbons (Fsp3) is 0.667. The topological polar surface area (TPSA) is 66.5 Å². The summed E-state index contributed by atoms with van der Waals surface area (Å²) in [7, 11) is 0. The highest BCUT2D eigenvalue weighted by molar-refractivity contribution is 5.98. The fourth-order valence-electron chi connectivity index (χ4n) is 5.64. The van der Waals surface area contributed by atoms with E-state index >= 15 is 4.39 Å². The van der Waals surface area contributed by atoms with Crippen molar-refractivity contribution >= 4 is 17.6 Å². The van der Waals surface area contributed by atoms with Crippen molar-refractivity contribution in [2.45, 2.75) is 83.1 Å². The molecule has 1 saturated heterocycles. The SMILES string of the molecule is CC(C)C(=O)[C@H](NC(=O)c1cccc(C2CCCN(C(=O)[C@@H]3CC3(F)F)C2)c1F)C1CCCCC1. The highest BCUT2D eigenvalue weighted by atomic mass is 19.3. The summed E-state index contributed by atoms with van der Waals surface area (Å²) in [6, 6.07) is 3.95. The first kappa shape index (κ1) is 25.7. The summed E-state index contributed by atoms with van der Waals surface area (Å²) >= 11 is 0. The van der Waals surface area contributed by atoms with Gasteiger partial charge in [0.1, 0.15) is 11.7 Å². The lowest BCUT2D eigenvalue weighted by Gasteiger charge is -2.33. The van der Waals surface area contributed by atoms with Gasteiger partial charge in [0.2, 0.25) is 5.91 Å². The van der Waals surface area contributed by atoms with Gasteiger partial charge in [0.15, 0.2) is 5.78 Å². The zero-order chi connectivity index (χ0) is 25.3. The lowest BCUT2D eigenvalue weighted by molar-refractivity contribution is -0.136. The van der Waals surface area contributed by atoms with Crippen molar-refractivity contribution in [2.24, 2.45) is 17.8 Å². The van der Waals surface area contributed by atoms with Crippen LogP contribution < -0.4 is 5.32 Å². The Bertz CT molecular complexity index is 974. The van der Waals surface area contributed by atoms with Crippen molar-refractivity contribution in [1.82, 2.24) is 10.2 Å². The molecule has 5 nitrogen and oxygen atoms in total. The lowest BCUT2D eigenvalue weighted by Crippen LogP contribution is -2.48. The van der Waals surface area contributed by atoms with E-state index in [0.29, 0.717) is 24.9 Å². The minimum Gasteiger partial charge on any atom is -0.342 e. The summed E-state index contributed by atoms with van der Waals surface area (Å²) in [5.41, 5.74) is 0.180. The van der Waals surface area contributed by atoms with Gasteiger partial charge >= 0.3 is 0 Å². The van der Waals surface area contributed by atoms with Crippen LogP contribution in [0.25, 0.3) is 0 Å². The first-order chi connectivity index (χ1) is 16.6. The standard InChI is InChI=1S/C27H35F3N2O3/c1-16(2)24(33)23(17-8-4-3-5-9-17)31-25(34)20-12-6-11-19(22(20)28)18-10-7-13-32(15-18)26(35)21-14-27(21,29)30/h6,11-12,16-18,21,23H,3-5,7-10,13-15H2,1-2H3,(H,31,34)/t18?,21-,23+/m0/s1. The molecule has 1 N–H and O–H groups in total. The molecule has 2 aliphatic carbocycles. The van der Waals surface area contributed by atoms with Crippen LogP contribution in [0.1, 0.15) is 87.1 Å². The number of Topliss-reactive ketones (excluding diaryl/α,β-unsaturated/α-hetero) is 1. The predicted octanol–water partition coefficient (Wildman–Crippen LogP) is 5.09. The van der Waals surface area contributed by atoms with Gasteiger partial charge in [0.05, 0.1) is 11.6 Å². The van der Waals surface area contributed by atoms with Gasteiger partial charge in [-0.2, -0.15) is 0 Å². The monoisotopic (exact) mass is 492 g/mol. The maximum Gasteiger partial charge on any atom is 0.260 e. The summed E-state index contributed by atoms with van der Waals surface area (Å²) in [4.78, 5) is 40.0. The molecule has 0 radical (unpaired) electrons. The van der Waals surface area contributed by atoms with E-state index < -0.39 is 41.9 Å². The normalized spacial score (nSPS) is 25.3. The molecule has 2 saturated carbocycles. The molecule has 8 heteroatoms. The second-order valence-corrected chi connectivity index (χ2v) is 10.8. The smallest absolute Gasteiger partial charge is 0.260 e. The summed E-state index contributed by atoms with van der Waals surface area (Å²) in [5, 5.41) is 2.84. The number of nitrogens with zero attached hydrogens (tertiary/aromatic N) is 1. The first-order valence-corrected chi connectivity index (χ1v) is 12.9. The van der Waals surface area contributed by atoms with Crippen molar-refractivity contribution < 1.29 is 27.6 Å². The van der Waals surface area contributed by atoms with Crippen LogP contribution in [-0.2, 0) is 9.59 Å². The minimum atomic E-state index is -2.93. The molecule has 3 fully saturated rings. The van der Waals surface area contributed by atoms with E-state index in [2.05, 4.69) is 5.32 Å². The molecule has 192 valence electrons. The third-order valence-electron chi connectivity index (χ3n) is 7.85. The summed E-state index contributed by atoms with van der Waals surface area (Å²) in [6.45, 7) is 4.15. The number of alkyl halides is 2. The van der Waals surface area contributed by atoms with E-state index in [-0.39, 0.29) is 35.6 Å². The number of ketones is 1. The van der Waals surface area contributed by atoms with Gasteiger partial charge in [0.25, 0.3) is 11.8 Å². The zero-order valence-corrected chi connectivity index (χ0v) is 20.5. The predicted molar refractivity (Wildman–Crippen MR) is 126 cm³/mol. The Labute approximate surface area is 204 Å². The van der Waals surface area contributed by atoms with Crippen molar-refractivity contribution in [3.63, 3.8) is 0 Å². The molecule has 1 aliphatic heterocycles. The van der Waals surface area contributed by atoms with Gasteiger partial charge in [-0.15, -0.1) is 0 Å². The minimum absolute atomic E-state index is 0.0416. The Morgan fingerprint density at radius 3 is 2.37 bits per heavy atom. The van der Waals surface area contributed by atoms with E-state index in [0.717, 1.165) is 32.1 Å². The summed E-state index contributed by atoms with van der Waals surface area (Å²) < 4.78 is 42.4. The Balaban J connectivity index is 1.50. The van der Waals surface area contributed by atoms with E-state index in [1.807, 2.05) is 0 Å². The van der Waals surface area contributed by atoms with Crippen LogP contribution in [0.15, 0.2) is 18.2 Å².